The molecule has 210 valence electrons. The first-order valence-electron chi connectivity index (χ1n) is 13.4. The maximum atomic E-state index is 13.6. The highest BCUT2D eigenvalue weighted by molar-refractivity contribution is 6.30. The molecule has 1 N–H and O–H groups in total. The van der Waals surface area contributed by atoms with Crippen LogP contribution < -0.4 is 19.7 Å². The molecule has 0 unspecified atom stereocenters. The summed E-state index contributed by atoms with van der Waals surface area (Å²) in [6, 6.07) is 18.5. The predicted molar refractivity (Wildman–Crippen MR) is 154 cm³/mol. The van der Waals surface area contributed by atoms with Gasteiger partial charge in [0.1, 0.15) is 0 Å². The molecule has 2 aliphatic rings. The molecule has 0 bridgehead atoms. The van der Waals surface area contributed by atoms with E-state index < -0.39 is 0 Å². The van der Waals surface area contributed by atoms with Crippen LogP contribution in [0.15, 0.2) is 60.7 Å². The number of nitrogens with zero attached hydrogens (tertiary/aromatic N) is 3. The van der Waals surface area contributed by atoms with Crippen molar-refractivity contribution < 1.29 is 19.2 Å². The summed E-state index contributed by atoms with van der Waals surface area (Å²) in [5.74, 6) is 0.926. The first-order chi connectivity index (χ1) is 19.4. The van der Waals surface area contributed by atoms with Crippen molar-refractivity contribution in [1.29, 1.82) is 0 Å². The molecule has 2 heterocycles. The summed E-state index contributed by atoms with van der Waals surface area (Å²) in [4.78, 5) is 29.4. The van der Waals surface area contributed by atoms with Gasteiger partial charge in [-0.05, 0) is 59.9 Å². The first-order valence-corrected chi connectivity index (χ1v) is 13.7. The Bertz CT molecular complexity index is 1380. The number of hydrogen-bond acceptors (Lipinski definition) is 7. The molecular formula is C30H33ClN4O5. The standard InChI is InChI=1S/C30H33ClN4O5/c1-39-28-10-5-20(15-29(28)40-2)11-12-32-30(36)25-17-22-16-24(35(37)38)8-9-26(22)34-14-13-33(19-27(25)34)18-21-3-6-23(31)7-4-21/h3-10,15-16,25,27H,11-14,17-19H2,1-2H3,(H,32,36)/t25-,27-/m0/s1. The van der Waals surface area contributed by atoms with Gasteiger partial charge < -0.3 is 19.7 Å². The summed E-state index contributed by atoms with van der Waals surface area (Å²) >= 11 is 6.07. The van der Waals surface area contributed by atoms with Crippen LogP contribution in [-0.4, -0.2) is 62.2 Å². The van der Waals surface area contributed by atoms with Gasteiger partial charge in [-0.3, -0.25) is 19.8 Å². The molecule has 0 radical (unpaired) electrons. The average Bonchev–Trinajstić information content (AvgIpc) is 2.97. The van der Waals surface area contributed by atoms with E-state index in [0.29, 0.717) is 42.5 Å². The Hall–Kier alpha value is -3.82. The fourth-order valence-corrected chi connectivity index (χ4v) is 5.90. The SMILES string of the molecule is COc1ccc(CCNC(=O)[C@H]2Cc3cc([N+](=O)[O-])ccc3N3CCN(Cc4ccc(Cl)cc4)C[C@@H]23)cc1OC. The van der Waals surface area contributed by atoms with Gasteiger partial charge >= 0.3 is 0 Å². The molecule has 1 amide bonds. The van der Waals surface area contributed by atoms with Crippen molar-refractivity contribution in [3.63, 3.8) is 0 Å². The monoisotopic (exact) mass is 564 g/mol. The van der Waals surface area contributed by atoms with E-state index in [-0.39, 0.29) is 28.5 Å². The Morgan fingerprint density at radius 3 is 2.50 bits per heavy atom. The molecule has 2 atom stereocenters. The third-order valence-electron chi connectivity index (χ3n) is 7.81. The van der Waals surface area contributed by atoms with Crippen LogP contribution in [0, 0.1) is 16.0 Å². The molecule has 0 saturated carbocycles. The van der Waals surface area contributed by atoms with Gasteiger partial charge in [-0.25, -0.2) is 0 Å². The molecule has 3 aromatic rings. The summed E-state index contributed by atoms with van der Waals surface area (Å²) in [7, 11) is 3.20. The van der Waals surface area contributed by atoms with Gasteiger partial charge in [-0.1, -0.05) is 29.8 Å². The fraction of sp³-hybridized carbons (Fsp3) is 0.367. The van der Waals surface area contributed by atoms with Crippen molar-refractivity contribution in [2.45, 2.75) is 25.4 Å². The molecule has 2 aliphatic heterocycles. The number of carbonyl (C=O) groups is 1. The van der Waals surface area contributed by atoms with Crippen molar-refractivity contribution >= 4 is 28.9 Å². The second-order valence-electron chi connectivity index (χ2n) is 10.2. The molecule has 0 spiro atoms. The lowest BCUT2D eigenvalue weighted by Gasteiger charge is -2.49. The number of rotatable bonds is 9. The van der Waals surface area contributed by atoms with Crippen LogP contribution in [0.4, 0.5) is 11.4 Å². The molecule has 5 rings (SSSR count). The van der Waals surface area contributed by atoms with Crippen LogP contribution in [0.5, 0.6) is 11.5 Å². The minimum Gasteiger partial charge on any atom is -0.493 e. The highest BCUT2D eigenvalue weighted by atomic mass is 35.5. The number of methoxy groups -OCH3 is 2. The zero-order valence-electron chi connectivity index (χ0n) is 22.6. The van der Waals surface area contributed by atoms with Gasteiger partial charge in [0.05, 0.1) is 31.1 Å². The van der Waals surface area contributed by atoms with Crippen LogP contribution in [-0.2, 0) is 24.2 Å². The lowest BCUT2D eigenvalue weighted by atomic mass is 9.83. The molecule has 40 heavy (non-hydrogen) atoms. The Morgan fingerprint density at radius 2 is 1.77 bits per heavy atom. The average molecular weight is 565 g/mol. The van der Waals surface area contributed by atoms with E-state index in [0.717, 1.165) is 36.4 Å². The van der Waals surface area contributed by atoms with Gasteiger partial charge in [0.2, 0.25) is 5.91 Å². The number of piperazine rings is 1. The second kappa shape index (κ2) is 12.1. The van der Waals surface area contributed by atoms with E-state index in [1.165, 1.54) is 5.56 Å². The summed E-state index contributed by atoms with van der Waals surface area (Å²) in [6.45, 7) is 3.50. The van der Waals surface area contributed by atoms with E-state index in [2.05, 4.69) is 15.1 Å². The molecule has 10 heteroatoms. The molecule has 9 nitrogen and oxygen atoms in total. The van der Waals surface area contributed by atoms with Crippen LogP contribution >= 0.6 is 11.6 Å². The van der Waals surface area contributed by atoms with Gasteiger partial charge in [0.25, 0.3) is 5.69 Å². The maximum absolute atomic E-state index is 13.6. The quantitative estimate of drug-likeness (QED) is 0.302. The Kier molecular flexibility index (Phi) is 8.42. The summed E-state index contributed by atoms with van der Waals surface area (Å²) in [6.07, 6.45) is 1.09. The van der Waals surface area contributed by atoms with Crippen LogP contribution in [0.2, 0.25) is 5.02 Å². The number of non-ortho nitro benzene ring substituents is 1. The zero-order chi connectivity index (χ0) is 28.2. The number of anilines is 1. The number of benzene rings is 3. The first kappa shape index (κ1) is 27.7. The molecule has 0 aliphatic carbocycles. The number of ether oxygens (including phenoxy) is 2. The van der Waals surface area contributed by atoms with Crippen molar-refractivity contribution in [2.75, 3.05) is 45.3 Å². The molecule has 0 aromatic heterocycles. The van der Waals surface area contributed by atoms with Crippen molar-refractivity contribution in [1.82, 2.24) is 10.2 Å². The molecule has 1 fully saturated rings. The third kappa shape index (κ3) is 6.00. The molecule has 3 aromatic carbocycles. The summed E-state index contributed by atoms with van der Waals surface area (Å²) in [5.41, 5.74) is 4.07. The highest BCUT2D eigenvalue weighted by Crippen LogP contribution is 2.38. The van der Waals surface area contributed by atoms with Crippen molar-refractivity contribution in [3.8, 4) is 11.5 Å². The number of hydrogen-bond donors (Lipinski definition) is 1. The molecule has 1 saturated heterocycles. The van der Waals surface area contributed by atoms with Gasteiger partial charge in [0.15, 0.2) is 11.5 Å². The van der Waals surface area contributed by atoms with E-state index in [1.54, 1.807) is 26.4 Å². The van der Waals surface area contributed by atoms with E-state index in [1.807, 2.05) is 48.5 Å². The van der Waals surface area contributed by atoms with E-state index in [9.17, 15) is 14.9 Å². The number of halogens is 1. The lowest BCUT2D eigenvalue weighted by molar-refractivity contribution is -0.384. The fourth-order valence-electron chi connectivity index (χ4n) is 5.77. The third-order valence-corrected chi connectivity index (χ3v) is 8.06. The Morgan fingerprint density at radius 1 is 1.02 bits per heavy atom. The van der Waals surface area contributed by atoms with Crippen LogP contribution in [0.25, 0.3) is 0 Å². The van der Waals surface area contributed by atoms with Crippen molar-refractivity contribution in [3.05, 3.63) is 92.5 Å². The number of carbonyl (C=O) groups excluding carboxylic acids is 1. The maximum Gasteiger partial charge on any atom is 0.269 e. The topological polar surface area (TPSA) is 97.2 Å². The lowest BCUT2D eigenvalue weighted by Crippen LogP contribution is -2.61. The number of fused-ring (bicyclic) bond motifs is 3. The summed E-state index contributed by atoms with van der Waals surface area (Å²) in [5, 5.41) is 15.3. The van der Waals surface area contributed by atoms with Crippen LogP contribution in [0.1, 0.15) is 16.7 Å². The molecular weight excluding hydrogens is 532 g/mol. The second-order valence-corrected chi connectivity index (χ2v) is 10.7. The minimum atomic E-state index is -0.380. The minimum absolute atomic E-state index is 0.0408. The van der Waals surface area contributed by atoms with Crippen molar-refractivity contribution in [2.24, 2.45) is 5.92 Å². The normalized spacial score (nSPS) is 18.4. The van der Waals surface area contributed by atoms with Gasteiger partial charge in [-0.2, -0.15) is 0 Å². The predicted octanol–water partition coefficient (Wildman–Crippen LogP) is 4.49. The Balaban J connectivity index is 1.32. The smallest absolute Gasteiger partial charge is 0.269 e. The Labute approximate surface area is 238 Å². The number of nitro benzene ring substituents is 1. The summed E-state index contributed by atoms with van der Waals surface area (Å²) < 4.78 is 10.7. The zero-order valence-corrected chi connectivity index (χ0v) is 23.4. The number of amides is 1. The number of nitrogens with one attached hydrogen (secondary N) is 1. The van der Waals surface area contributed by atoms with E-state index >= 15 is 0 Å². The van der Waals surface area contributed by atoms with Gasteiger partial charge in [0, 0.05) is 55.6 Å². The van der Waals surface area contributed by atoms with Gasteiger partial charge in [-0.15, -0.1) is 0 Å². The largest absolute Gasteiger partial charge is 0.493 e. The highest BCUT2D eigenvalue weighted by Gasteiger charge is 2.41. The van der Waals surface area contributed by atoms with E-state index in [4.69, 9.17) is 21.1 Å². The number of nitro groups is 1. The van der Waals surface area contributed by atoms with Crippen LogP contribution in [0.3, 0.4) is 0 Å².